The summed E-state index contributed by atoms with van der Waals surface area (Å²) < 4.78 is 5.31. The van der Waals surface area contributed by atoms with Crippen LogP contribution in [0.1, 0.15) is 36.7 Å². The van der Waals surface area contributed by atoms with Crippen molar-refractivity contribution in [3.8, 4) is 0 Å². The first-order valence-corrected chi connectivity index (χ1v) is 8.02. The number of aryl methyl sites for hydroxylation is 1. The van der Waals surface area contributed by atoms with Gasteiger partial charge in [0, 0.05) is 35.8 Å². The van der Waals surface area contributed by atoms with E-state index < -0.39 is 0 Å². The molecule has 0 fully saturated rings. The lowest BCUT2D eigenvalue weighted by Gasteiger charge is -2.29. The maximum absolute atomic E-state index is 5.31. The molecular weight excluding hydrogens is 288 g/mol. The van der Waals surface area contributed by atoms with Gasteiger partial charge in [-0.1, -0.05) is 29.4 Å². The van der Waals surface area contributed by atoms with Crippen molar-refractivity contribution in [2.24, 2.45) is 0 Å². The Morgan fingerprint density at radius 1 is 1.30 bits per heavy atom. The average molecular weight is 308 g/mol. The van der Waals surface area contributed by atoms with Crippen LogP contribution >= 0.6 is 0 Å². The second kappa shape index (κ2) is 5.66. The predicted octanol–water partition coefficient (Wildman–Crippen LogP) is 3.71. The van der Waals surface area contributed by atoms with Gasteiger partial charge in [-0.2, -0.15) is 4.98 Å². The van der Waals surface area contributed by atoms with Gasteiger partial charge in [0.1, 0.15) is 0 Å². The molecule has 3 aromatic rings. The first-order chi connectivity index (χ1) is 11.2. The van der Waals surface area contributed by atoms with Gasteiger partial charge in [-0.25, -0.2) is 0 Å². The number of benzene rings is 1. The van der Waals surface area contributed by atoms with E-state index in [9.17, 15) is 0 Å². The molecule has 0 bridgehead atoms. The smallest absolute Gasteiger partial charge is 0.243 e. The SMILES string of the molecule is Cc1noc([C@@H](C)N2CC=C(c3c[nH]c4ccccc34)CC2)n1. The lowest BCUT2D eigenvalue weighted by Crippen LogP contribution is -2.31. The Balaban J connectivity index is 1.55. The second-order valence-corrected chi connectivity index (χ2v) is 6.08. The zero-order valence-electron chi connectivity index (χ0n) is 13.4. The van der Waals surface area contributed by atoms with Crippen molar-refractivity contribution >= 4 is 16.5 Å². The highest BCUT2D eigenvalue weighted by atomic mass is 16.5. The van der Waals surface area contributed by atoms with E-state index in [0.29, 0.717) is 11.7 Å². The fourth-order valence-corrected chi connectivity index (χ4v) is 3.26. The molecule has 0 unspecified atom stereocenters. The summed E-state index contributed by atoms with van der Waals surface area (Å²) in [6, 6.07) is 8.60. The molecule has 3 heterocycles. The van der Waals surface area contributed by atoms with Crippen LogP contribution in [0.3, 0.4) is 0 Å². The van der Waals surface area contributed by atoms with Crippen molar-refractivity contribution in [3.63, 3.8) is 0 Å². The van der Waals surface area contributed by atoms with E-state index in [1.165, 1.54) is 22.0 Å². The maximum Gasteiger partial charge on any atom is 0.243 e. The number of aromatic amines is 1. The summed E-state index contributed by atoms with van der Waals surface area (Å²) in [6.07, 6.45) is 5.47. The molecule has 1 aliphatic heterocycles. The maximum atomic E-state index is 5.31. The average Bonchev–Trinajstić information content (AvgIpc) is 3.21. The van der Waals surface area contributed by atoms with Crippen molar-refractivity contribution < 1.29 is 4.52 Å². The van der Waals surface area contributed by atoms with E-state index in [2.05, 4.69) is 63.5 Å². The summed E-state index contributed by atoms with van der Waals surface area (Å²) in [5, 5.41) is 5.19. The first kappa shape index (κ1) is 14.2. The van der Waals surface area contributed by atoms with Gasteiger partial charge in [0.15, 0.2) is 5.82 Å². The molecule has 118 valence electrons. The number of nitrogens with one attached hydrogen (secondary N) is 1. The summed E-state index contributed by atoms with van der Waals surface area (Å²) in [6.45, 7) is 5.87. The molecule has 1 atom stereocenters. The highest BCUT2D eigenvalue weighted by Crippen LogP contribution is 2.31. The van der Waals surface area contributed by atoms with Gasteiger partial charge in [0.2, 0.25) is 5.89 Å². The number of para-hydroxylation sites is 1. The van der Waals surface area contributed by atoms with E-state index in [-0.39, 0.29) is 6.04 Å². The number of aromatic nitrogens is 3. The number of fused-ring (bicyclic) bond motifs is 1. The monoisotopic (exact) mass is 308 g/mol. The Labute approximate surface area is 135 Å². The molecular formula is C18H20N4O. The molecule has 5 nitrogen and oxygen atoms in total. The third kappa shape index (κ3) is 2.57. The van der Waals surface area contributed by atoms with Gasteiger partial charge in [-0.05, 0) is 31.9 Å². The van der Waals surface area contributed by atoms with Crippen LogP contribution in [0.4, 0.5) is 0 Å². The molecule has 1 N–H and O–H groups in total. The van der Waals surface area contributed by atoms with Crippen LogP contribution in [0.15, 0.2) is 41.1 Å². The zero-order chi connectivity index (χ0) is 15.8. The van der Waals surface area contributed by atoms with Crippen LogP contribution in [0, 0.1) is 6.92 Å². The zero-order valence-corrected chi connectivity index (χ0v) is 13.4. The van der Waals surface area contributed by atoms with Crippen molar-refractivity contribution in [2.45, 2.75) is 26.3 Å². The van der Waals surface area contributed by atoms with E-state index >= 15 is 0 Å². The molecule has 23 heavy (non-hydrogen) atoms. The molecule has 0 saturated carbocycles. The topological polar surface area (TPSA) is 58.0 Å². The molecule has 1 aliphatic rings. The summed E-state index contributed by atoms with van der Waals surface area (Å²) >= 11 is 0. The Kier molecular flexibility index (Phi) is 3.50. The molecule has 0 saturated heterocycles. The van der Waals surface area contributed by atoms with Crippen LogP contribution in [-0.2, 0) is 0 Å². The Bertz CT molecular complexity index is 861. The number of nitrogens with zero attached hydrogens (tertiary/aromatic N) is 3. The summed E-state index contributed by atoms with van der Waals surface area (Å²) in [5.74, 6) is 1.39. The summed E-state index contributed by atoms with van der Waals surface area (Å²) in [5.41, 5.74) is 3.93. The van der Waals surface area contributed by atoms with Crippen LogP contribution in [0.5, 0.6) is 0 Å². The fraction of sp³-hybridized carbons (Fsp3) is 0.333. The summed E-state index contributed by atoms with van der Waals surface area (Å²) in [4.78, 5) is 10.1. The van der Waals surface area contributed by atoms with Crippen molar-refractivity contribution in [1.29, 1.82) is 0 Å². The quantitative estimate of drug-likeness (QED) is 0.801. The van der Waals surface area contributed by atoms with E-state index in [4.69, 9.17) is 4.52 Å². The van der Waals surface area contributed by atoms with Crippen LogP contribution in [0.25, 0.3) is 16.5 Å². The van der Waals surface area contributed by atoms with Crippen molar-refractivity contribution in [1.82, 2.24) is 20.0 Å². The normalized spacial score (nSPS) is 17.4. The number of hydrogen-bond donors (Lipinski definition) is 1. The fourth-order valence-electron chi connectivity index (χ4n) is 3.26. The van der Waals surface area contributed by atoms with Gasteiger partial charge in [-0.15, -0.1) is 0 Å². The molecule has 0 amide bonds. The van der Waals surface area contributed by atoms with Crippen molar-refractivity contribution in [3.05, 3.63) is 53.8 Å². The van der Waals surface area contributed by atoms with Crippen LogP contribution in [-0.4, -0.2) is 33.1 Å². The Morgan fingerprint density at radius 2 is 2.17 bits per heavy atom. The van der Waals surface area contributed by atoms with Crippen molar-refractivity contribution in [2.75, 3.05) is 13.1 Å². The molecule has 0 aliphatic carbocycles. The van der Waals surface area contributed by atoms with E-state index in [1.807, 2.05) is 6.92 Å². The standard InChI is InChI=1S/C18H20N4O/c1-12(18-20-13(2)21-23-18)22-9-7-14(8-10-22)16-11-19-17-6-4-3-5-15(16)17/h3-7,11-12,19H,8-10H2,1-2H3/t12-/m1/s1. The van der Waals surface area contributed by atoms with Crippen LogP contribution < -0.4 is 0 Å². The van der Waals surface area contributed by atoms with E-state index in [0.717, 1.165) is 19.5 Å². The van der Waals surface area contributed by atoms with Gasteiger partial charge < -0.3 is 9.51 Å². The van der Waals surface area contributed by atoms with Gasteiger partial charge >= 0.3 is 0 Å². The molecule has 5 heteroatoms. The molecule has 2 aromatic heterocycles. The minimum Gasteiger partial charge on any atom is -0.361 e. The Hall–Kier alpha value is -2.40. The molecule has 0 spiro atoms. The molecule has 1 aromatic carbocycles. The molecule has 4 rings (SSSR count). The highest BCUT2D eigenvalue weighted by Gasteiger charge is 2.23. The number of rotatable bonds is 3. The second-order valence-electron chi connectivity index (χ2n) is 6.08. The third-order valence-corrected chi connectivity index (χ3v) is 4.62. The highest BCUT2D eigenvalue weighted by molar-refractivity contribution is 5.92. The number of hydrogen-bond acceptors (Lipinski definition) is 4. The largest absolute Gasteiger partial charge is 0.361 e. The van der Waals surface area contributed by atoms with Gasteiger partial charge in [0.25, 0.3) is 0 Å². The van der Waals surface area contributed by atoms with E-state index in [1.54, 1.807) is 0 Å². The van der Waals surface area contributed by atoms with Gasteiger partial charge in [-0.3, -0.25) is 4.90 Å². The lowest BCUT2D eigenvalue weighted by atomic mass is 9.98. The van der Waals surface area contributed by atoms with Crippen LogP contribution in [0.2, 0.25) is 0 Å². The number of H-pyrrole nitrogens is 1. The minimum absolute atomic E-state index is 0.150. The third-order valence-electron chi connectivity index (χ3n) is 4.62. The lowest BCUT2D eigenvalue weighted by molar-refractivity contribution is 0.189. The predicted molar refractivity (Wildman–Crippen MR) is 89.9 cm³/mol. The first-order valence-electron chi connectivity index (χ1n) is 8.02. The minimum atomic E-state index is 0.150. The van der Waals surface area contributed by atoms with Gasteiger partial charge in [0.05, 0.1) is 6.04 Å². The Morgan fingerprint density at radius 3 is 2.91 bits per heavy atom. The molecule has 0 radical (unpaired) electrons. The summed E-state index contributed by atoms with van der Waals surface area (Å²) in [7, 11) is 0.